The summed E-state index contributed by atoms with van der Waals surface area (Å²) in [7, 11) is 0. The summed E-state index contributed by atoms with van der Waals surface area (Å²) in [5.74, 6) is -0.0102. The molecule has 1 aliphatic carbocycles. The van der Waals surface area contributed by atoms with E-state index in [-0.39, 0.29) is 48.1 Å². The molecule has 3 saturated heterocycles. The maximum atomic E-state index is 13.9. The van der Waals surface area contributed by atoms with Crippen molar-refractivity contribution in [1.82, 2.24) is 34.6 Å². The Hall–Kier alpha value is -5.83. The molecule has 2 N–H and O–H groups in total. The van der Waals surface area contributed by atoms with E-state index in [1.54, 1.807) is 27.9 Å². The fourth-order valence-electron chi connectivity index (χ4n) is 9.31. The van der Waals surface area contributed by atoms with Crippen LogP contribution in [-0.2, 0) is 22.7 Å². The number of rotatable bonds is 9. The summed E-state index contributed by atoms with van der Waals surface area (Å²) in [6.07, 6.45) is 11.5. The van der Waals surface area contributed by atoms with Crippen molar-refractivity contribution in [1.29, 1.82) is 0 Å². The summed E-state index contributed by atoms with van der Waals surface area (Å²) in [6.45, 7) is 5.70. The first-order valence-corrected chi connectivity index (χ1v) is 20.2. The van der Waals surface area contributed by atoms with Crippen LogP contribution in [0.4, 0.5) is 11.4 Å². The number of ether oxygens (including phenoxy) is 1. The zero-order valence-corrected chi connectivity index (χ0v) is 31.7. The largest absolute Gasteiger partial charge is 0.488 e. The first-order chi connectivity index (χ1) is 27.8. The lowest BCUT2D eigenvalue weighted by Gasteiger charge is -2.40. The van der Waals surface area contributed by atoms with Crippen LogP contribution in [0.15, 0.2) is 55.0 Å². The number of amides is 5. The Bertz CT molecular complexity index is 2310. The molecule has 0 bridgehead atoms. The molecule has 6 aliphatic rings. The highest BCUT2D eigenvalue weighted by atomic mass is 16.5. The second kappa shape index (κ2) is 14.3. The first-order valence-electron chi connectivity index (χ1n) is 20.2. The zero-order chi connectivity index (χ0) is 38.8. The molecule has 0 radical (unpaired) electrons. The number of hydrogen-bond acceptors (Lipinski definition) is 10. The van der Waals surface area contributed by atoms with Gasteiger partial charge in [-0.25, -0.2) is 9.50 Å². The third-order valence-electron chi connectivity index (χ3n) is 12.6. The Balaban J connectivity index is 0.728. The SMILES string of the molecule is O=C1CCC(N2Cc3cc(N4CCC(CN5CCC(N6Cc7cc(NC(=O)c8cnn9cccnc89)c(OC8CC8)cc7C6=O)CC5)CC4)ccc3C2=O)C(=O)N1. The normalized spacial score (nSPS) is 22.0. The highest BCUT2D eigenvalue weighted by Gasteiger charge is 2.40. The molecule has 2 aromatic carbocycles. The van der Waals surface area contributed by atoms with Crippen LogP contribution >= 0.6 is 0 Å². The van der Waals surface area contributed by atoms with Crippen molar-refractivity contribution in [2.24, 2.45) is 5.92 Å². The van der Waals surface area contributed by atoms with Crippen molar-refractivity contribution in [2.75, 3.05) is 42.9 Å². The minimum Gasteiger partial charge on any atom is -0.488 e. The summed E-state index contributed by atoms with van der Waals surface area (Å²) in [5.41, 5.74) is 5.61. The van der Waals surface area contributed by atoms with Gasteiger partial charge in [-0.3, -0.25) is 29.3 Å². The molecule has 5 amide bonds. The summed E-state index contributed by atoms with van der Waals surface area (Å²) < 4.78 is 7.78. The van der Waals surface area contributed by atoms with Crippen molar-refractivity contribution in [2.45, 2.75) is 82.6 Å². The predicted molar refractivity (Wildman–Crippen MR) is 208 cm³/mol. The average molecular weight is 772 g/mol. The van der Waals surface area contributed by atoms with Crippen molar-refractivity contribution >= 4 is 46.6 Å². The average Bonchev–Trinajstić information content (AvgIpc) is 3.71. The van der Waals surface area contributed by atoms with E-state index >= 15 is 0 Å². The molecule has 1 unspecified atom stereocenters. The van der Waals surface area contributed by atoms with Gasteiger partial charge in [-0.05, 0) is 98.4 Å². The van der Waals surface area contributed by atoms with Crippen molar-refractivity contribution < 1.29 is 28.7 Å². The van der Waals surface area contributed by atoms with E-state index in [0.29, 0.717) is 59.2 Å². The van der Waals surface area contributed by atoms with E-state index in [9.17, 15) is 24.0 Å². The van der Waals surface area contributed by atoms with Crippen LogP contribution < -0.4 is 20.3 Å². The highest BCUT2D eigenvalue weighted by molar-refractivity contribution is 6.09. The van der Waals surface area contributed by atoms with Gasteiger partial charge in [0.2, 0.25) is 11.8 Å². The Morgan fingerprint density at radius 1 is 0.860 bits per heavy atom. The third kappa shape index (κ3) is 6.77. The molecule has 10 rings (SSSR count). The van der Waals surface area contributed by atoms with Crippen molar-refractivity contribution in [3.63, 3.8) is 0 Å². The highest BCUT2D eigenvalue weighted by Crippen LogP contribution is 2.39. The van der Waals surface area contributed by atoms with Gasteiger partial charge in [0.25, 0.3) is 17.7 Å². The molecule has 294 valence electrons. The van der Waals surface area contributed by atoms with E-state index in [1.165, 1.54) is 6.20 Å². The van der Waals surface area contributed by atoms with Gasteiger partial charge >= 0.3 is 0 Å². The van der Waals surface area contributed by atoms with Crippen LogP contribution in [0, 0.1) is 5.92 Å². The molecule has 2 aromatic heterocycles. The molecule has 5 aliphatic heterocycles. The molecular formula is C42H45N9O6. The van der Waals surface area contributed by atoms with Gasteiger partial charge in [0.1, 0.15) is 17.4 Å². The third-order valence-corrected chi connectivity index (χ3v) is 12.6. The Kier molecular flexibility index (Phi) is 8.91. The lowest BCUT2D eigenvalue weighted by Crippen LogP contribution is -2.52. The smallest absolute Gasteiger partial charge is 0.261 e. The molecule has 15 nitrogen and oxygen atoms in total. The quantitative estimate of drug-likeness (QED) is 0.241. The number of nitrogens with one attached hydrogen (secondary N) is 2. The summed E-state index contributed by atoms with van der Waals surface area (Å²) in [5, 5.41) is 9.66. The number of carbonyl (C=O) groups is 5. The van der Waals surface area contributed by atoms with Gasteiger partial charge in [0.05, 0.1) is 18.0 Å². The van der Waals surface area contributed by atoms with Gasteiger partial charge < -0.3 is 29.7 Å². The maximum Gasteiger partial charge on any atom is 0.261 e. The molecule has 4 aromatic rings. The van der Waals surface area contributed by atoms with E-state index in [0.717, 1.165) is 88.1 Å². The van der Waals surface area contributed by atoms with Gasteiger partial charge in [-0.15, -0.1) is 0 Å². The van der Waals surface area contributed by atoms with E-state index in [4.69, 9.17) is 4.74 Å². The van der Waals surface area contributed by atoms with Crippen LogP contribution in [0.1, 0.15) is 93.6 Å². The monoisotopic (exact) mass is 771 g/mol. The molecule has 57 heavy (non-hydrogen) atoms. The standard InChI is InChI=1S/C42H45N9O6/c52-37-7-6-35(40(54)46-37)50-24-26-18-29(2-5-31(26)41(50)55)48-16-8-25(9-17-48)22-47-14-10-28(11-15-47)49-23-27-19-34(36(57-30-3-4-30)20-32(27)42(49)56)45-39(53)33-21-44-51-13-1-12-43-38(33)51/h1-2,5,12-13,18-21,25,28,30,35H,3-4,6-11,14-17,22-24H2,(H,45,53)(H,46,52,54). The molecular weight excluding hydrogens is 727 g/mol. The number of anilines is 2. The minimum absolute atomic E-state index is 0.0285. The van der Waals surface area contributed by atoms with Crippen LogP contribution in [0.5, 0.6) is 5.75 Å². The number of likely N-dealkylation sites (tertiary alicyclic amines) is 1. The number of carbonyl (C=O) groups excluding carboxylic acids is 5. The van der Waals surface area contributed by atoms with Crippen LogP contribution in [0.2, 0.25) is 0 Å². The van der Waals surface area contributed by atoms with Crippen LogP contribution in [0.3, 0.4) is 0 Å². The van der Waals surface area contributed by atoms with Crippen molar-refractivity contribution in [3.8, 4) is 5.75 Å². The van der Waals surface area contributed by atoms with Gasteiger partial charge in [0, 0.05) is 87.5 Å². The first kappa shape index (κ1) is 35.6. The summed E-state index contributed by atoms with van der Waals surface area (Å²) in [4.78, 5) is 77.4. The number of nitrogens with zero attached hydrogens (tertiary/aromatic N) is 7. The second-order valence-corrected chi connectivity index (χ2v) is 16.4. The maximum absolute atomic E-state index is 13.9. The van der Waals surface area contributed by atoms with Gasteiger partial charge in [-0.2, -0.15) is 5.10 Å². The number of fused-ring (bicyclic) bond motifs is 3. The topological polar surface area (TPSA) is 162 Å². The lowest BCUT2D eigenvalue weighted by molar-refractivity contribution is -0.136. The molecule has 4 fully saturated rings. The lowest BCUT2D eigenvalue weighted by atomic mass is 9.94. The number of benzene rings is 2. The number of aromatic nitrogens is 3. The van der Waals surface area contributed by atoms with E-state index < -0.39 is 6.04 Å². The molecule has 15 heteroatoms. The van der Waals surface area contributed by atoms with E-state index in [1.807, 2.05) is 29.2 Å². The molecule has 1 saturated carbocycles. The van der Waals surface area contributed by atoms with E-state index in [2.05, 4.69) is 36.6 Å². The fraction of sp³-hybridized carbons (Fsp3) is 0.452. The Morgan fingerprint density at radius 2 is 1.63 bits per heavy atom. The zero-order valence-electron chi connectivity index (χ0n) is 31.7. The minimum atomic E-state index is -0.609. The Labute approximate surface area is 329 Å². The summed E-state index contributed by atoms with van der Waals surface area (Å²) >= 11 is 0. The number of piperidine rings is 3. The number of imide groups is 1. The number of hydrogen-bond donors (Lipinski definition) is 2. The molecule has 7 heterocycles. The molecule has 0 spiro atoms. The fourth-order valence-corrected chi connectivity index (χ4v) is 9.31. The Morgan fingerprint density at radius 3 is 2.42 bits per heavy atom. The van der Waals surface area contributed by atoms with Crippen molar-refractivity contribution in [3.05, 3.63) is 82.8 Å². The second-order valence-electron chi connectivity index (χ2n) is 16.4. The van der Waals surface area contributed by atoms with Gasteiger partial charge in [-0.1, -0.05) is 0 Å². The van der Waals surface area contributed by atoms with Crippen LogP contribution in [-0.4, -0.2) is 110 Å². The summed E-state index contributed by atoms with van der Waals surface area (Å²) in [6, 6.07) is 11.0. The van der Waals surface area contributed by atoms with Gasteiger partial charge in [0.15, 0.2) is 5.65 Å². The molecule has 1 atom stereocenters. The predicted octanol–water partition coefficient (Wildman–Crippen LogP) is 3.62. The van der Waals surface area contributed by atoms with Crippen LogP contribution in [0.25, 0.3) is 5.65 Å².